The molecule has 1 unspecified atom stereocenters. The van der Waals surface area contributed by atoms with Crippen LogP contribution in [0.3, 0.4) is 0 Å². The third-order valence-electron chi connectivity index (χ3n) is 3.81. The number of fused-ring (bicyclic) bond motifs is 1. The van der Waals surface area contributed by atoms with Gasteiger partial charge in [-0.15, -0.1) is 0 Å². The van der Waals surface area contributed by atoms with Crippen molar-refractivity contribution in [3.8, 4) is 5.75 Å². The highest BCUT2D eigenvalue weighted by atomic mass is 16.6. The van der Waals surface area contributed by atoms with Gasteiger partial charge in [0.1, 0.15) is 11.3 Å². The Morgan fingerprint density at radius 1 is 1.22 bits per heavy atom. The van der Waals surface area contributed by atoms with Gasteiger partial charge in [0.05, 0.1) is 6.61 Å². The second-order valence-corrected chi connectivity index (χ2v) is 5.58. The van der Waals surface area contributed by atoms with Crippen molar-refractivity contribution >= 4 is 16.9 Å². The van der Waals surface area contributed by atoms with Crippen molar-refractivity contribution in [1.29, 1.82) is 0 Å². The quantitative estimate of drug-likeness (QED) is 0.482. The number of ether oxygens (including phenoxy) is 2. The minimum absolute atomic E-state index is 0.162. The minimum Gasteiger partial charge on any atom is -0.482 e. The first-order valence-electron chi connectivity index (χ1n) is 7.68. The van der Waals surface area contributed by atoms with Crippen LogP contribution in [0.1, 0.15) is 19.3 Å². The van der Waals surface area contributed by atoms with Crippen molar-refractivity contribution in [2.75, 3.05) is 13.2 Å². The Bertz CT molecular complexity index is 774. The summed E-state index contributed by atoms with van der Waals surface area (Å²) in [6.45, 7) is 0.268. The van der Waals surface area contributed by atoms with E-state index < -0.39 is 11.6 Å². The van der Waals surface area contributed by atoms with E-state index in [0.29, 0.717) is 23.9 Å². The van der Waals surface area contributed by atoms with Gasteiger partial charge in [0.25, 0.3) is 0 Å². The summed E-state index contributed by atoms with van der Waals surface area (Å²) in [6, 6.07) is 8.13. The van der Waals surface area contributed by atoms with Crippen molar-refractivity contribution in [2.45, 2.75) is 19.3 Å². The Morgan fingerprint density at radius 3 is 2.91 bits per heavy atom. The molecule has 0 bridgehead atoms. The van der Waals surface area contributed by atoms with Crippen molar-refractivity contribution in [2.24, 2.45) is 5.92 Å². The molecule has 0 radical (unpaired) electrons. The fraction of sp³-hybridized carbons (Fsp3) is 0.333. The van der Waals surface area contributed by atoms with Crippen LogP contribution in [-0.4, -0.2) is 19.2 Å². The third kappa shape index (κ3) is 4.22. The molecule has 23 heavy (non-hydrogen) atoms. The van der Waals surface area contributed by atoms with Crippen molar-refractivity contribution in [3.63, 3.8) is 0 Å². The number of benzene rings is 1. The summed E-state index contributed by atoms with van der Waals surface area (Å²) in [5.74, 6) is 0.470. The van der Waals surface area contributed by atoms with Crippen LogP contribution in [0.5, 0.6) is 5.75 Å². The molecule has 1 atom stereocenters. The highest BCUT2D eigenvalue weighted by Crippen LogP contribution is 2.20. The van der Waals surface area contributed by atoms with Gasteiger partial charge in [0, 0.05) is 17.5 Å². The van der Waals surface area contributed by atoms with Crippen molar-refractivity contribution < 1.29 is 18.7 Å². The molecule has 1 aliphatic rings. The SMILES string of the molecule is O=C(COc1ccc2ccc(=O)oc2c1)OCC1CC=CCC1. The van der Waals surface area contributed by atoms with Gasteiger partial charge in [-0.25, -0.2) is 9.59 Å². The van der Waals surface area contributed by atoms with Gasteiger partial charge in [-0.2, -0.15) is 0 Å². The van der Waals surface area contributed by atoms with Crippen LogP contribution < -0.4 is 10.4 Å². The highest BCUT2D eigenvalue weighted by Gasteiger charge is 2.13. The Kier molecular flexibility index (Phi) is 4.76. The first-order chi connectivity index (χ1) is 11.2. The summed E-state index contributed by atoms with van der Waals surface area (Å²) in [5, 5.41) is 0.796. The molecule has 1 aromatic carbocycles. The molecule has 5 heteroatoms. The molecule has 5 nitrogen and oxygen atoms in total. The van der Waals surface area contributed by atoms with E-state index in [9.17, 15) is 9.59 Å². The molecule has 1 aliphatic carbocycles. The van der Waals surface area contributed by atoms with Crippen LogP contribution >= 0.6 is 0 Å². The predicted octanol–water partition coefficient (Wildman–Crippen LogP) is 3.07. The fourth-order valence-corrected chi connectivity index (χ4v) is 2.53. The highest BCUT2D eigenvalue weighted by molar-refractivity contribution is 5.78. The molecule has 120 valence electrons. The molecule has 0 amide bonds. The van der Waals surface area contributed by atoms with Crippen LogP contribution in [0.2, 0.25) is 0 Å². The Balaban J connectivity index is 1.52. The average Bonchev–Trinajstić information content (AvgIpc) is 2.58. The summed E-state index contributed by atoms with van der Waals surface area (Å²) < 4.78 is 15.7. The Morgan fingerprint density at radius 2 is 2.09 bits per heavy atom. The van der Waals surface area contributed by atoms with E-state index in [1.54, 1.807) is 24.3 Å². The first-order valence-corrected chi connectivity index (χ1v) is 7.68. The van der Waals surface area contributed by atoms with Crippen LogP contribution in [0.15, 0.2) is 51.7 Å². The Hall–Kier alpha value is -2.56. The summed E-state index contributed by atoms with van der Waals surface area (Å²) >= 11 is 0. The number of esters is 1. The second-order valence-electron chi connectivity index (χ2n) is 5.58. The van der Waals surface area contributed by atoms with Crippen LogP contribution in [0.4, 0.5) is 0 Å². The maximum atomic E-state index is 11.7. The number of rotatable bonds is 5. The van der Waals surface area contributed by atoms with E-state index in [2.05, 4.69) is 12.2 Å². The lowest BCUT2D eigenvalue weighted by molar-refractivity contribution is -0.147. The minimum atomic E-state index is -0.421. The van der Waals surface area contributed by atoms with Gasteiger partial charge in [-0.1, -0.05) is 12.2 Å². The molecule has 0 spiro atoms. The zero-order valence-electron chi connectivity index (χ0n) is 12.7. The predicted molar refractivity (Wildman–Crippen MR) is 85.4 cm³/mol. The maximum Gasteiger partial charge on any atom is 0.344 e. The van der Waals surface area contributed by atoms with Crippen molar-refractivity contribution in [3.05, 3.63) is 52.9 Å². The van der Waals surface area contributed by atoms with Gasteiger partial charge >= 0.3 is 11.6 Å². The normalized spacial score (nSPS) is 17.1. The largest absolute Gasteiger partial charge is 0.482 e. The van der Waals surface area contributed by atoms with Crippen LogP contribution in [-0.2, 0) is 9.53 Å². The maximum absolute atomic E-state index is 11.7. The molecule has 1 heterocycles. The lowest BCUT2D eigenvalue weighted by Gasteiger charge is -2.17. The van der Waals surface area contributed by atoms with E-state index in [-0.39, 0.29) is 6.61 Å². The average molecular weight is 314 g/mol. The lowest BCUT2D eigenvalue weighted by Crippen LogP contribution is -2.20. The van der Waals surface area contributed by atoms with Gasteiger partial charge in [-0.05, 0) is 43.4 Å². The molecule has 0 saturated heterocycles. The summed E-state index contributed by atoms with van der Waals surface area (Å²) in [4.78, 5) is 22.9. The number of allylic oxidation sites excluding steroid dienone is 2. The van der Waals surface area contributed by atoms with E-state index in [1.807, 2.05) is 0 Å². The number of carbonyl (C=O) groups is 1. The van der Waals surface area contributed by atoms with Crippen molar-refractivity contribution in [1.82, 2.24) is 0 Å². The van der Waals surface area contributed by atoms with E-state index >= 15 is 0 Å². The first kappa shape index (κ1) is 15.3. The Labute approximate surface area is 133 Å². The fourth-order valence-electron chi connectivity index (χ4n) is 2.53. The molecular formula is C18H18O5. The molecule has 0 saturated carbocycles. The van der Waals surface area contributed by atoms with E-state index in [0.717, 1.165) is 24.6 Å². The smallest absolute Gasteiger partial charge is 0.344 e. The zero-order chi connectivity index (χ0) is 16.1. The molecular weight excluding hydrogens is 296 g/mol. The second kappa shape index (κ2) is 7.13. The van der Waals surface area contributed by atoms with Crippen LogP contribution in [0.25, 0.3) is 11.0 Å². The lowest BCUT2D eigenvalue weighted by atomic mass is 9.95. The van der Waals surface area contributed by atoms with Gasteiger partial charge in [-0.3, -0.25) is 0 Å². The van der Waals surface area contributed by atoms with E-state index in [4.69, 9.17) is 13.9 Å². The molecule has 0 N–H and O–H groups in total. The molecule has 0 aliphatic heterocycles. The third-order valence-corrected chi connectivity index (χ3v) is 3.81. The van der Waals surface area contributed by atoms with Crippen LogP contribution in [0, 0.1) is 5.92 Å². The van der Waals surface area contributed by atoms with Gasteiger partial charge < -0.3 is 13.9 Å². The van der Waals surface area contributed by atoms with Gasteiger partial charge in [0.2, 0.25) is 0 Å². The molecule has 1 aromatic heterocycles. The van der Waals surface area contributed by atoms with Gasteiger partial charge in [0.15, 0.2) is 6.61 Å². The molecule has 2 aromatic rings. The molecule has 3 rings (SSSR count). The zero-order valence-corrected chi connectivity index (χ0v) is 12.7. The topological polar surface area (TPSA) is 65.7 Å². The van der Waals surface area contributed by atoms with E-state index in [1.165, 1.54) is 6.07 Å². The monoisotopic (exact) mass is 314 g/mol. The molecule has 0 fully saturated rings. The number of hydrogen-bond donors (Lipinski definition) is 0. The number of carbonyl (C=O) groups excluding carboxylic acids is 1. The summed E-state index contributed by atoms with van der Waals surface area (Å²) in [7, 11) is 0. The summed E-state index contributed by atoms with van der Waals surface area (Å²) in [5.41, 5.74) is 0.00736. The number of hydrogen-bond acceptors (Lipinski definition) is 5. The summed E-state index contributed by atoms with van der Waals surface area (Å²) in [6.07, 6.45) is 7.33. The standard InChI is InChI=1S/C18H18O5/c19-17-9-7-14-6-8-15(10-16(14)23-17)21-12-18(20)22-11-13-4-2-1-3-5-13/h1-2,6-10,13H,3-5,11-12H2.